The maximum atomic E-state index is 10.7. The van der Waals surface area contributed by atoms with Crippen LogP contribution in [0.15, 0.2) is 0 Å². The van der Waals surface area contributed by atoms with Crippen molar-refractivity contribution >= 4 is 5.91 Å². The predicted molar refractivity (Wildman–Crippen MR) is 28.9 cm³/mol. The maximum Gasteiger partial charge on any atom is 0.222 e. The summed E-state index contributed by atoms with van der Waals surface area (Å²) in [4.78, 5) is 10.7. The van der Waals surface area contributed by atoms with E-state index in [0.717, 1.165) is 0 Å². The fourth-order valence-corrected chi connectivity index (χ4v) is 0.144. The molecule has 0 atom stereocenters. The van der Waals surface area contributed by atoms with E-state index in [-0.39, 0.29) is 5.92 Å². The highest BCUT2D eigenvalue weighted by Crippen LogP contribution is 1.87. The molecule has 0 radical (unpaired) electrons. The normalized spacial score (nSPS) is 17.3. The van der Waals surface area contributed by atoms with Gasteiger partial charge in [-0.15, -0.1) is 0 Å². The molecule has 0 rings (SSSR count). The molecule has 0 aliphatic carbocycles. The molecule has 0 unspecified atom stereocenters. The van der Waals surface area contributed by atoms with Crippen LogP contribution in [0, 0.1) is 5.92 Å². The molecule has 0 aliphatic rings. The van der Waals surface area contributed by atoms with Crippen molar-refractivity contribution in [2.45, 2.75) is 13.8 Å². The zero-order valence-electron chi connectivity index (χ0n) is 7.49. The van der Waals surface area contributed by atoms with Gasteiger partial charge in [-0.1, -0.05) is 13.8 Å². The molecule has 2 nitrogen and oxygen atoms in total. The van der Waals surface area contributed by atoms with Crippen LogP contribution >= 0.6 is 0 Å². The molecule has 0 heterocycles. The minimum Gasteiger partial charge on any atom is -0.359 e. The first kappa shape index (κ1) is 2.70. The highest BCUT2D eigenvalue weighted by Gasteiger charge is 2.00. The Hall–Kier alpha value is -0.530. The molecule has 2 heteroatoms. The molecule has 0 fully saturated rings. The van der Waals surface area contributed by atoms with Gasteiger partial charge < -0.3 is 5.32 Å². The Morgan fingerprint density at radius 3 is 2.57 bits per heavy atom. The summed E-state index contributed by atoms with van der Waals surface area (Å²) < 4.78 is 20.0. The van der Waals surface area contributed by atoms with Crippen LogP contribution in [-0.4, -0.2) is 12.9 Å². The summed E-state index contributed by atoms with van der Waals surface area (Å²) >= 11 is 0. The van der Waals surface area contributed by atoms with E-state index in [0.29, 0.717) is 0 Å². The second-order valence-corrected chi connectivity index (χ2v) is 1.64. The van der Waals surface area contributed by atoms with Crippen molar-refractivity contribution in [1.82, 2.24) is 5.32 Å². The van der Waals surface area contributed by atoms with Crippen molar-refractivity contribution in [2.75, 3.05) is 6.98 Å². The molecular weight excluding hydrogens is 90.1 g/mol. The Bertz CT molecular complexity index is 129. The van der Waals surface area contributed by atoms with Crippen LogP contribution in [0.1, 0.15) is 18.0 Å². The Balaban J connectivity index is 3.81. The van der Waals surface area contributed by atoms with Crippen molar-refractivity contribution in [2.24, 2.45) is 5.92 Å². The third kappa shape index (κ3) is 2.20. The molecule has 1 amide bonds. The molecule has 0 bridgehead atoms. The summed E-state index contributed by atoms with van der Waals surface area (Å²) in [7, 11) is 0. The summed E-state index contributed by atoms with van der Waals surface area (Å²) in [6.07, 6.45) is 0. The number of carbonyl (C=O) groups is 1. The van der Waals surface area contributed by atoms with Gasteiger partial charge in [0.15, 0.2) is 0 Å². The molecule has 42 valence electrons. The van der Waals surface area contributed by atoms with Crippen LogP contribution < -0.4 is 5.32 Å². The second kappa shape index (κ2) is 2.61. The number of carbonyl (C=O) groups excluding carboxylic acids is 1. The van der Waals surface area contributed by atoms with Crippen molar-refractivity contribution in [3.8, 4) is 0 Å². The fraction of sp³-hybridized carbons (Fsp3) is 0.800. The topological polar surface area (TPSA) is 29.1 Å². The van der Waals surface area contributed by atoms with Gasteiger partial charge in [0.25, 0.3) is 0 Å². The van der Waals surface area contributed by atoms with Crippen molar-refractivity contribution < 1.29 is 8.91 Å². The largest absolute Gasteiger partial charge is 0.359 e. The van der Waals surface area contributed by atoms with Crippen LogP contribution in [0.3, 0.4) is 0 Å². The second-order valence-electron chi connectivity index (χ2n) is 1.64. The highest BCUT2D eigenvalue weighted by atomic mass is 16.1. The lowest BCUT2D eigenvalue weighted by Crippen LogP contribution is -2.22. The average molecular weight is 104 g/mol. The highest BCUT2D eigenvalue weighted by molar-refractivity contribution is 5.77. The monoisotopic (exact) mass is 104 g/mol. The van der Waals surface area contributed by atoms with E-state index in [1.54, 1.807) is 13.8 Å². The zero-order chi connectivity index (χ0) is 8.36. The van der Waals surface area contributed by atoms with E-state index in [2.05, 4.69) is 0 Å². The minimum absolute atomic E-state index is 0.277. The molecule has 7 heavy (non-hydrogen) atoms. The molecule has 0 aromatic heterocycles. The number of hydrogen-bond donors (Lipinski definition) is 1. The first-order valence-corrected chi connectivity index (χ1v) is 2.15. The average Bonchev–Trinajstić information content (AvgIpc) is 1.60. The minimum atomic E-state index is -2.35. The van der Waals surface area contributed by atoms with E-state index < -0.39 is 12.9 Å². The summed E-state index contributed by atoms with van der Waals surface area (Å²) in [5, 5.41) is 1.88. The lowest BCUT2D eigenvalue weighted by Gasteiger charge is -1.98. The Kier molecular flexibility index (Phi) is 1.01. The first-order valence-electron chi connectivity index (χ1n) is 3.65. The standard InChI is InChI=1S/C5H11NO/c1-4(2)5(7)6-3/h4H,1-3H3,(H,6,7)/i3D3. The quantitative estimate of drug-likeness (QED) is 0.512. The molecule has 0 saturated carbocycles. The molecule has 0 aliphatic heterocycles. The Labute approximate surface area is 48.1 Å². The fourth-order valence-electron chi connectivity index (χ4n) is 0.144. The van der Waals surface area contributed by atoms with Crippen LogP contribution in [0.2, 0.25) is 0 Å². The molecule has 0 aromatic carbocycles. The zero-order valence-corrected chi connectivity index (χ0v) is 4.49. The molecular formula is C5H11NO. The molecule has 0 aromatic rings. The summed E-state index contributed by atoms with van der Waals surface area (Å²) in [5.41, 5.74) is 0. The van der Waals surface area contributed by atoms with Crippen molar-refractivity contribution in [3.63, 3.8) is 0 Å². The number of nitrogens with one attached hydrogen (secondary N) is 1. The SMILES string of the molecule is [2H]C([2H])([2H])NC(=O)C(C)C. The van der Waals surface area contributed by atoms with Crippen LogP contribution in [-0.2, 0) is 4.79 Å². The smallest absolute Gasteiger partial charge is 0.222 e. The molecule has 0 saturated heterocycles. The van der Waals surface area contributed by atoms with Gasteiger partial charge in [0.2, 0.25) is 5.91 Å². The number of hydrogen-bond acceptors (Lipinski definition) is 1. The van der Waals surface area contributed by atoms with Crippen molar-refractivity contribution in [1.29, 1.82) is 0 Å². The number of amides is 1. The third-order valence-corrected chi connectivity index (χ3v) is 0.648. The van der Waals surface area contributed by atoms with Gasteiger partial charge in [0, 0.05) is 17.0 Å². The third-order valence-electron chi connectivity index (χ3n) is 0.648. The summed E-state index contributed by atoms with van der Waals surface area (Å²) in [6.45, 7) is 0.934. The van der Waals surface area contributed by atoms with E-state index in [9.17, 15) is 4.79 Å². The Morgan fingerprint density at radius 2 is 2.43 bits per heavy atom. The van der Waals surface area contributed by atoms with Crippen LogP contribution in [0.5, 0.6) is 0 Å². The summed E-state index contributed by atoms with van der Waals surface area (Å²) in [6, 6.07) is 0. The van der Waals surface area contributed by atoms with Gasteiger partial charge in [-0.25, -0.2) is 0 Å². The maximum absolute atomic E-state index is 10.7. The predicted octanol–water partition coefficient (Wildman–Crippen LogP) is 0.388. The van der Waals surface area contributed by atoms with Crippen LogP contribution in [0.4, 0.5) is 0 Å². The Morgan fingerprint density at radius 1 is 1.86 bits per heavy atom. The van der Waals surface area contributed by atoms with Gasteiger partial charge in [0.1, 0.15) is 0 Å². The molecule has 1 N–H and O–H groups in total. The lowest BCUT2D eigenvalue weighted by molar-refractivity contribution is -0.123. The van der Waals surface area contributed by atoms with E-state index in [1.165, 1.54) is 0 Å². The van der Waals surface area contributed by atoms with Gasteiger partial charge in [0.05, 0.1) is 0 Å². The van der Waals surface area contributed by atoms with Gasteiger partial charge in [-0.3, -0.25) is 4.79 Å². The molecule has 0 spiro atoms. The van der Waals surface area contributed by atoms with Gasteiger partial charge >= 0.3 is 0 Å². The van der Waals surface area contributed by atoms with E-state index in [1.807, 2.05) is 5.32 Å². The van der Waals surface area contributed by atoms with E-state index >= 15 is 0 Å². The van der Waals surface area contributed by atoms with Crippen LogP contribution in [0.25, 0.3) is 0 Å². The first-order chi connectivity index (χ1) is 4.33. The van der Waals surface area contributed by atoms with Crippen molar-refractivity contribution in [3.05, 3.63) is 0 Å². The van der Waals surface area contributed by atoms with Gasteiger partial charge in [-0.2, -0.15) is 0 Å². The lowest BCUT2D eigenvalue weighted by atomic mass is 10.2. The van der Waals surface area contributed by atoms with Gasteiger partial charge in [-0.05, 0) is 0 Å². The van der Waals surface area contributed by atoms with E-state index in [4.69, 9.17) is 4.11 Å². The number of rotatable bonds is 1. The summed E-state index contributed by atoms with van der Waals surface area (Å²) in [5.74, 6) is -0.722.